The van der Waals surface area contributed by atoms with Crippen molar-refractivity contribution in [2.45, 2.75) is 38.9 Å². The molecule has 3 rings (SSSR count). The zero-order chi connectivity index (χ0) is 27.2. The van der Waals surface area contributed by atoms with Crippen LogP contribution >= 0.6 is 0 Å². The highest BCUT2D eigenvalue weighted by Crippen LogP contribution is 2.35. The summed E-state index contributed by atoms with van der Waals surface area (Å²) < 4.78 is 44.7. The Morgan fingerprint density at radius 2 is 1.84 bits per heavy atom. The van der Waals surface area contributed by atoms with Crippen LogP contribution in [0.1, 0.15) is 43.9 Å². The van der Waals surface area contributed by atoms with E-state index >= 15 is 0 Å². The van der Waals surface area contributed by atoms with E-state index in [1.807, 2.05) is 6.92 Å². The van der Waals surface area contributed by atoms with Crippen LogP contribution in [0.3, 0.4) is 0 Å². The third-order valence-electron chi connectivity index (χ3n) is 6.43. The van der Waals surface area contributed by atoms with Gasteiger partial charge in [-0.3, -0.25) is 14.6 Å². The normalized spacial score (nSPS) is 19.4. The standard InChI is InChI=1S/C26H33F3N4O4/c1-4-12-33-20(17-31-13-7-14-32(16-15-31)21(34)5-2)22(24(35)37-6-3)23(30-25(33)36)18-8-10-19(11-9-18)26(27,28)29/h4,8-11,23H,1,5-7,12-17H2,2-3H3,(H,30,36)/t23-/m0/s1. The van der Waals surface area contributed by atoms with Crippen molar-refractivity contribution >= 4 is 17.9 Å². The lowest BCUT2D eigenvalue weighted by Gasteiger charge is -2.38. The number of benzene rings is 1. The highest BCUT2D eigenvalue weighted by Gasteiger charge is 2.39. The second-order valence-electron chi connectivity index (χ2n) is 8.85. The summed E-state index contributed by atoms with van der Waals surface area (Å²) in [7, 11) is 0. The number of halogens is 3. The SMILES string of the molecule is C=CCN1C(=O)N[C@@H](c2ccc(C(F)(F)F)cc2)C(C(=O)OCC)=C1CN1CCCN(C(=O)CC)CC1. The van der Waals surface area contributed by atoms with Crippen molar-refractivity contribution in [3.63, 3.8) is 0 Å². The van der Waals surface area contributed by atoms with Crippen LogP contribution < -0.4 is 5.32 Å². The molecule has 1 aromatic carbocycles. The minimum atomic E-state index is -4.51. The number of alkyl halides is 3. The molecule has 0 unspecified atom stereocenters. The first kappa shape index (κ1) is 28.2. The molecule has 0 radical (unpaired) electrons. The van der Waals surface area contributed by atoms with E-state index in [-0.39, 0.29) is 31.2 Å². The Balaban J connectivity index is 2.03. The van der Waals surface area contributed by atoms with Gasteiger partial charge in [-0.15, -0.1) is 6.58 Å². The number of hydrogen-bond acceptors (Lipinski definition) is 5. The van der Waals surface area contributed by atoms with Crippen molar-refractivity contribution in [1.82, 2.24) is 20.0 Å². The van der Waals surface area contributed by atoms with E-state index in [2.05, 4.69) is 16.8 Å². The molecule has 2 heterocycles. The van der Waals surface area contributed by atoms with Crippen LogP contribution in [-0.4, -0.2) is 78.5 Å². The number of nitrogens with zero attached hydrogens (tertiary/aromatic N) is 3. The lowest BCUT2D eigenvalue weighted by molar-refractivity contribution is -0.139. The molecular formula is C26H33F3N4O4. The van der Waals surface area contributed by atoms with Gasteiger partial charge in [0.15, 0.2) is 0 Å². The molecule has 0 aliphatic carbocycles. The summed E-state index contributed by atoms with van der Waals surface area (Å²) in [6.07, 6.45) is -1.84. The second kappa shape index (κ2) is 12.3. The maximum Gasteiger partial charge on any atom is 0.416 e. The number of ether oxygens (including phenoxy) is 1. The van der Waals surface area contributed by atoms with E-state index in [0.717, 1.165) is 18.6 Å². The Hall–Kier alpha value is -3.34. The first-order valence-electron chi connectivity index (χ1n) is 12.4. The number of urea groups is 1. The molecule has 0 spiro atoms. The maximum atomic E-state index is 13.2. The average molecular weight is 523 g/mol. The molecule has 1 atom stereocenters. The Labute approximate surface area is 214 Å². The molecule has 37 heavy (non-hydrogen) atoms. The lowest BCUT2D eigenvalue weighted by atomic mass is 9.93. The molecule has 0 aromatic heterocycles. The van der Waals surface area contributed by atoms with Crippen molar-refractivity contribution in [1.29, 1.82) is 0 Å². The van der Waals surface area contributed by atoms with Crippen LogP contribution in [0.15, 0.2) is 48.2 Å². The topological polar surface area (TPSA) is 82.2 Å². The van der Waals surface area contributed by atoms with E-state index in [1.54, 1.807) is 11.8 Å². The molecule has 2 aliphatic heterocycles. The Kier molecular flexibility index (Phi) is 9.36. The van der Waals surface area contributed by atoms with Crippen molar-refractivity contribution in [3.8, 4) is 0 Å². The van der Waals surface area contributed by atoms with E-state index < -0.39 is 29.8 Å². The fourth-order valence-electron chi connectivity index (χ4n) is 4.57. The monoisotopic (exact) mass is 522 g/mol. The molecule has 202 valence electrons. The van der Waals surface area contributed by atoms with Gasteiger partial charge in [0, 0.05) is 51.4 Å². The third-order valence-corrected chi connectivity index (χ3v) is 6.43. The van der Waals surface area contributed by atoms with Crippen molar-refractivity contribution in [2.75, 3.05) is 45.9 Å². The second-order valence-corrected chi connectivity index (χ2v) is 8.85. The summed E-state index contributed by atoms with van der Waals surface area (Å²) in [5.74, 6) is -0.588. The number of amides is 3. The van der Waals surface area contributed by atoms with Gasteiger partial charge in [-0.1, -0.05) is 25.1 Å². The van der Waals surface area contributed by atoms with E-state index in [4.69, 9.17) is 4.74 Å². The molecule has 11 heteroatoms. The van der Waals surface area contributed by atoms with Gasteiger partial charge < -0.3 is 15.0 Å². The largest absolute Gasteiger partial charge is 0.463 e. The average Bonchev–Trinajstić information content (AvgIpc) is 3.10. The van der Waals surface area contributed by atoms with Crippen LogP contribution in [0, 0.1) is 0 Å². The number of hydrogen-bond donors (Lipinski definition) is 1. The summed E-state index contributed by atoms with van der Waals surface area (Å²) >= 11 is 0. The summed E-state index contributed by atoms with van der Waals surface area (Å²) in [5.41, 5.74) is 0.0658. The zero-order valence-corrected chi connectivity index (χ0v) is 21.1. The number of esters is 1. The first-order chi connectivity index (χ1) is 17.6. The fourth-order valence-corrected chi connectivity index (χ4v) is 4.57. The van der Waals surface area contributed by atoms with Gasteiger partial charge in [-0.25, -0.2) is 9.59 Å². The Bertz CT molecular complexity index is 1040. The van der Waals surface area contributed by atoms with Crippen molar-refractivity contribution in [2.24, 2.45) is 0 Å². The predicted octanol–water partition coefficient (Wildman–Crippen LogP) is 3.72. The quantitative estimate of drug-likeness (QED) is 0.416. The molecular weight excluding hydrogens is 489 g/mol. The van der Waals surface area contributed by atoms with Gasteiger partial charge >= 0.3 is 18.2 Å². The van der Waals surface area contributed by atoms with Gasteiger partial charge in [0.1, 0.15) is 0 Å². The van der Waals surface area contributed by atoms with E-state index in [9.17, 15) is 27.6 Å². The minimum Gasteiger partial charge on any atom is -0.463 e. The molecule has 8 nitrogen and oxygen atoms in total. The summed E-state index contributed by atoms with van der Waals surface area (Å²) in [5, 5.41) is 2.75. The molecule has 0 saturated carbocycles. The minimum absolute atomic E-state index is 0.0703. The number of nitrogens with one attached hydrogen (secondary N) is 1. The summed E-state index contributed by atoms with van der Waals surface area (Å²) in [4.78, 5) is 43.8. The van der Waals surface area contributed by atoms with Gasteiger partial charge in [-0.05, 0) is 31.0 Å². The molecule has 1 N–H and O–H groups in total. The number of carbonyl (C=O) groups excluding carboxylic acids is 3. The molecule has 1 aromatic rings. The Morgan fingerprint density at radius 3 is 2.43 bits per heavy atom. The molecule has 0 bridgehead atoms. The van der Waals surface area contributed by atoms with Gasteiger partial charge in [0.25, 0.3) is 0 Å². The lowest BCUT2D eigenvalue weighted by Crippen LogP contribution is -2.51. The van der Waals surface area contributed by atoms with E-state index in [0.29, 0.717) is 43.9 Å². The van der Waals surface area contributed by atoms with Crippen molar-refractivity contribution in [3.05, 3.63) is 59.3 Å². The highest BCUT2D eigenvalue weighted by molar-refractivity contribution is 5.95. The summed E-state index contributed by atoms with van der Waals surface area (Å²) in [6.45, 7) is 9.94. The smallest absolute Gasteiger partial charge is 0.416 e. The first-order valence-corrected chi connectivity index (χ1v) is 12.4. The van der Waals surface area contributed by atoms with Gasteiger partial charge in [0.05, 0.1) is 23.8 Å². The predicted molar refractivity (Wildman–Crippen MR) is 131 cm³/mol. The van der Waals surface area contributed by atoms with Gasteiger partial charge in [0.2, 0.25) is 5.91 Å². The van der Waals surface area contributed by atoms with Crippen LogP contribution in [0.2, 0.25) is 0 Å². The van der Waals surface area contributed by atoms with Crippen LogP contribution in [0.25, 0.3) is 0 Å². The van der Waals surface area contributed by atoms with E-state index in [1.165, 1.54) is 23.1 Å². The fraction of sp³-hybridized carbons (Fsp3) is 0.500. The zero-order valence-electron chi connectivity index (χ0n) is 21.1. The van der Waals surface area contributed by atoms with Crippen LogP contribution in [-0.2, 0) is 20.5 Å². The molecule has 3 amide bonds. The third kappa shape index (κ3) is 6.71. The number of rotatable bonds is 8. The van der Waals surface area contributed by atoms with Crippen LogP contribution in [0.4, 0.5) is 18.0 Å². The van der Waals surface area contributed by atoms with Gasteiger partial charge in [-0.2, -0.15) is 13.2 Å². The van der Waals surface area contributed by atoms with Crippen molar-refractivity contribution < 1.29 is 32.3 Å². The molecule has 1 fully saturated rings. The number of carbonyl (C=O) groups is 3. The Morgan fingerprint density at radius 1 is 1.14 bits per heavy atom. The maximum absolute atomic E-state index is 13.2. The molecule has 1 saturated heterocycles. The highest BCUT2D eigenvalue weighted by atomic mass is 19.4. The molecule has 2 aliphatic rings. The summed E-state index contributed by atoms with van der Waals surface area (Å²) in [6, 6.07) is 2.88. The van der Waals surface area contributed by atoms with Crippen LogP contribution in [0.5, 0.6) is 0 Å².